The Balaban J connectivity index is 0.00000324. The zero-order valence-corrected chi connectivity index (χ0v) is 21.2. The highest BCUT2D eigenvalue weighted by atomic mass is 127. The molecule has 0 saturated heterocycles. The maximum atomic E-state index is 9.57. The third kappa shape index (κ3) is 5.63. The minimum atomic E-state index is 0. The fourth-order valence-electron chi connectivity index (χ4n) is 3.49. The van der Waals surface area contributed by atoms with Crippen LogP contribution >= 0.6 is 24.0 Å². The Kier molecular flexibility index (Phi) is 8.80. The molecule has 4 aromatic rings. The van der Waals surface area contributed by atoms with Crippen LogP contribution in [0.25, 0.3) is 11.3 Å². The first-order valence-corrected chi connectivity index (χ1v) is 10.8. The van der Waals surface area contributed by atoms with Gasteiger partial charge >= 0.3 is 0 Å². The molecule has 3 heterocycles. The molecule has 4 rings (SSSR count). The van der Waals surface area contributed by atoms with E-state index in [0.717, 1.165) is 30.1 Å². The van der Waals surface area contributed by atoms with Crippen LogP contribution in [0.2, 0.25) is 0 Å². The summed E-state index contributed by atoms with van der Waals surface area (Å²) in [6, 6.07) is 17.5. The van der Waals surface area contributed by atoms with Gasteiger partial charge in [-0.2, -0.15) is 10.4 Å². The fraction of sp³-hybridized carbons (Fsp3) is 0.261. The number of nitrogens with two attached hydrogens (primary N) is 1. The average Bonchev–Trinajstić information content (AvgIpc) is 3.41. The molecular formula is C23H27IN10. The minimum Gasteiger partial charge on any atom is -0.382 e. The van der Waals surface area contributed by atoms with Crippen molar-refractivity contribution in [3.63, 3.8) is 0 Å². The number of nitrogens with one attached hydrogen (secondary N) is 2. The second-order valence-electron chi connectivity index (χ2n) is 7.34. The molecule has 0 fully saturated rings. The normalized spacial score (nSPS) is 11.1. The number of rotatable bonds is 8. The van der Waals surface area contributed by atoms with Gasteiger partial charge < -0.3 is 16.4 Å². The van der Waals surface area contributed by atoms with E-state index in [1.54, 1.807) is 4.68 Å². The van der Waals surface area contributed by atoms with Gasteiger partial charge in [-0.1, -0.05) is 24.3 Å². The van der Waals surface area contributed by atoms with Crippen molar-refractivity contribution >= 4 is 41.4 Å². The van der Waals surface area contributed by atoms with E-state index in [1.807, 2.05) is 66.1 Å². The number of aryl methyl sites for hydroxylation is 1. The van der Waals surface area contributed by atoms with E-state index in [2.05, 4.69) is 37.0 Å². The maximum Gasteiger partial charge on any atom is 0.191 e. The number of fused-ring (bicyclic) bond motifs is 1. The highest BCUT2D eigenvalue weighted by Gasteiger charge is 2.16. The predicted octanol–water partition coefficient (Wildman–Crippen LogP) is 2.67. The lowest BCUT2D eigenvalue weighted by Gasteiger charge is -2.10. The third-order valence-corrected chi connectivity index (χ3v) is 5.10. The van der Waals surface area contributed by atoms with E-state index in [4.69, 9.17) is 5.73 Å². The van der Waals surface area contributed by atoms with Gasteiger partial charge in [-0.25, -0.2) is 9.67 Å². The number of anilines is 1. The Hall–Kier alpha value is -3.66. The third-order valence-electron chi connectivity index (χ3n) is 5.10. The largest absolute Gasteiger partial charge is 0.382 e. The Morgan fingerprint density at radius 1 is 1.12 bits per heavy atom. The number of nitrogen functional groups attached to an aromatic ring is 1. The van der Waals surface area contributed by atoms with Gasteiger partial charge in [0.15, 0.2) is 17.4 Å². The van der Waals surface area contributed by atoms with Gasteiger partial charge in [-0.05, 0) is 44.0 Å². The highest BCUT2D eigenvalue weighted by Crippen LogP contribution is 2.21. The van der Waals surface area contributed by atoms with Crippen molar-refractivity contribution in [3.05, 3.63) is 71.8 Å². The van der Waals surface area contributed by atoms with Crippen LogP contribution in [-0.2, 0) is 13.0 Å². The molecule has 10 nitrogen and oxygen atoms in total. The lowest BCUT2D eigenvalue weighted by molar-refractivity contribution is 0.720. The molecule has 34 heavy (non-hydrogen) atoms. The van der Waals surface area contributed by atoms with Crippen molar-refractivity contribution in [2.45, 2.75) is 26.3 Å². The molecule has 0 aliphatic carbocycles. The zero-order chi connectivity index (χ0) is 23.0. The van der Waals surface area contributed by atoms with Gasteiger partial charge in [-0.15, -0.1) is 34.2 Å². The summed E-state index contributed by atoms with van der Waals surface area (Å²) in [6.07, 6.45) is 3.31. The van der Waals surface area contributed by atoms with E-state index in [-0.39, 0.29) is 24.0 Å². The van der Waals surface area contributed by atoms with Gasteiger partial charge in [-0.3, -0.25) is 4.40 Å². The molecule has 0 aliphatic heterocycles. The summed E-state index contributed by atoms with van der Waals surface area (Å²) in [5, 5.41) is 29.1. The minimum absolute atomic E-state index is 0. The number of hydrogen-bond acceptors (Lipinski definition) is 6. The van der Waals surface area contributed by atoms with E-state index in [1.165, 1.54) is 0 Å². The number of nitrogens with zero attached hydrogens (tertiary/aromatic N) is 7. The molecule has 0 atom stereocenters. The van der Waals surface area contributed by atoms with E-state index >= 15 is 0 Å². The van der Waals surface area contributed by atoms with Crippen LogP contribution in [0.1, 0.15) is 30.4 Å². The van der Waals surface area contributed by atoms with Crippen LogP contribution < -0.4 is 16.4 Å². The summed E-state index contributed by atoms with van der Waals surface area (Å²) in [4.78, 5) is 4.62. The van der Waals surface area contributed by atoms with E-state index in [0.29, 0.717) is 42.5 Å². The summed E-state index contributed by atoms with van der Waals surface area (Å²) in [6.45, 7) is 3.82. The number of para-hydroxylation sites is 1. The Bertz CT molecular complexity index is 1290. The highest BCUT2D eigenvalue weighted by molar-refractivity contribution is 14.0. The molecule has 0 aliphatic rings. The molecule has 0 amide bonds. The van der Waals surface area contributed by atoms with Crippen LogP contribution in [0.4, 0.5) is 5.82 Å². The molecule has 0 radical (unpaired) electrons. The molecule has 1 aromatic carbocycles. The number of pyridine rings is 1. The predicted molar refractivity (Wildman–Crippen MR) is 142 cm³/mol. The second kappa shape index (κ2) is 12.0. The van der Waals surface area contributed by atoms with Crippen LogP contribution in [-0.4, -0.2) is 43.4 Å². The van der Waals surface area contributed by atoms with Crippen molar-refractivity contribution in [2.24, 2.45) is 4.99 Å². The standard InChI is InChI=1S/C23H26N10.HI/c1-2-26-23(28-16-21-30-29-20-12-6-7-14-32(20)21)27-13-8-11-19-18(15-24)22(25)33(31-19)17-9-4-3-5-10-17;/h3-7,9-10,12,14H,2,8,11,13,16,25H2,1H3,(H2,26,27,28);1H. The number of halogens is 1. The van der Waals surface area contributed by atoms with Crippen molar-refractivity contribution in [1.82, 2.24) is 35.0 Å². The fourth-order valence-corrected chi connectivity index (χ4v) is 3.49. The van der Waals surface area contributed by atoms with Gasteiger partial charge in [0, 0.05) is 19.3 Å². The van der Waals surface area contributed by atoms with Gasteiger partial charge in [0.1, 0.15) is 24.0 Å². The number of aliphatic imine (C=N–C) groups is 1. The average molecular weight is 570 g/mol. The monoisotopic (exact) mass is 570 g/mol. The molecule has 176 valence electrons. The molecule has 0 unspecified atom stereocenters. The van der Waals surface area contributed by atoms with Crippen LogP contribution in [0.5, 0.6) is 0 Å². The first kappa shape index (κ1) is 25.0. The summed E-state index contributed by atoms with van der Waals surface area (Å²) < 4.78 is 3.54. The molecule has 0 bridgehead atoms. The number of aromatic nitrogens is 5. The topological polar surface area (TPSA) is 134 Å². The molecule has 3 aromatic heterocycles. The lowest BCUT2D eigenvalue weighted by atomic mass is 10.1. The Morgan fingerprint density at radius 3 is 2.68 bits per heavy atom. The Labute approximate surface area is 214 Å². The SMILES string of the molecule is CCNC(=NCc1nnc2ccccn12)NCCCc1nn(-c2ccccc2)c(N)c1C#N.I. The molecular weight excluding hydrogens is 543 g/mol. The maximum absolute atomic E-state index is 9.57. The quantitative estimate of drug-likeness (QED) is 0.128. The van der Waals surface area contributed by atoms with Crippen LogP contribution in [0, 0.1) is 11.3 Å². The summed E-state index contributed by atoms with van der Waals surface area (Å²) in [5.74, 6) is 1.82. The smallest absolute Gasteiger partial charge is 0.191 e. The number of benzene rings is 1. The first-order valence-electron chi connectivity index (χ1n) is 10.8. The number of hydrogen-bond donors (Lipinski definition) is 3. The molecule has 0 spiro atoms. The summed E-state index contributed by atoms with van der Waals surface area (Å²) in [7, 11) is 0. The molecule has 4 N–H and O–H groups in total. The van der Waals surface area contributed by atoms with E-state index < -0.39 is 0 Å². The van der Waals surface area contributed by atoms with Crippen molar-refractivity contribution in [2.75, 3.05) is 18.8 Å². The number of guanidine groups is 1. The van der Waals surface area contributed by atoms with Crippen LogP contribution in [0.15, 0.2) is 59.7 Å². The lowest BCUT2D eigenvalue weighted by Crippen LogP contribution is -2.38. The second-order valence-corrected chi connectivity index (χ2v) is 7.34. The van der Waals surface area contributed by atoms with Crippen LogP contribution in [0.3, 0.4) is 0 Å². The van der Waals surface area contributed by atoms with Gasteiger partial charge in [0.2, 0.25) is 0 Å². The summed E-state index contributed by atoms with van der Waals surface area (Å²) >= 11 is 0. The van der Waals surface area contributed by atoms with Crippen molar-refractivity contribution in [1.29, 1.82) is 5.26 Å². The van der Waals surface area contributed by atoms with Crippen molar-refractivity contribution in [3.8, 4) is 11.8 Å². The number of nitriles is 1. The van der Waals surface area contributed by atoms with E-state index in [9.17, 15) is 5.26 Å². The Morgan fingerprint density at radius 2 is 1.91 bits per heavy atom. The first-order chi connectivity index (χ1) is 16.2. The summed E-state index contributed by atoms with van der Waals surface area (Å²) in [5.41, 5.74) is 8.93. The van der Waals surface area contributed by atoms with Gasteiger partial charge in [0.05, 0.1) is 11.4 Å². The van der Waals surface area contributed by atoms with Crippen molar-refractivity contribution < 1.29 is 0 Å². The van der Waals surface area contributed by atoms with Gasteiger partial charge in [0.25, 0.3) is 0 Å². The molecule has 11 heteroatoms. The molecule has 0 saturated carbocycles. The zero-order valence-electron chi connectivity index (χ0n) is 18.8.